The summed E-state index contributed by atoms with van der Waals surface area (Å²) in [5.74, 6) is 1.27. The van der Waals surface area contributed by atoms with Gasteiger partial charge >= 0.3 is 0 Å². The van der Waals surface area contributed by atoms with Crippen LogP contribution in [0.4, 0.5) is 0 Å². The zero-order valence-electron chi connectivity index (χ0n) is 8.35. The van der Waals surface area contributed by atoms with Crippen LogP contribution in [-0.2, 0) is 4.79 Å². The standard InChI is InChI=1S/C10H17NOS/c1-8(2)7-11-9(12)10(3)5-4-6-13-10/h1,4-7H2,2-3H3,(H,11,12). The van der Waals surface area contributed by atoms with E-state index in [0.29, 0.717) is 6.54 Å². The van der Waals surface area contributed by atoms with Gasteiger partial charge in [0, 0.05) is 6.54 Å². The van der Waals surface area contributed by atoms with Crippen molar-refractivity contribution in [1.29, 1.82) is 0 Å². The van der Waals surface area contributed by atoms with Crippen LogP contribution < -0.4 is 5.32 Å². The zero-order valence-corrected chi connectivity index (χ0v) is 9.17. The number of carbonyl (C=O) groups is 1. The predicted octanol–water partition coefficient (Wildman–Crippen LogP) is 1.96. The third kappa shape index (κ3) is 2.76. The SMILES string of the molecule is C=C(C)CNC(=O)C1(C)CCCS1. The van der Waals surface area contributed by atoms with E-state index in [1.165, 1.54) is 0 Å². The number of hydrogen-bond acceptors (Lipinski definition) is 2. The van der Waals surface area contributed by atoms with Gasteiger partial charge in [-0.15, -0.1) is 11.8 Å². The lowest BCUT2D eigenvalue weighted by atomic mass is 10.0. The van der Waals surface area contributed by atoms with Crippen molar-refractivity contribution in [3.63, 3.8) is 0 Å². The van der Waals surface area contributed by atoms with Crippen molar-refractivity contribution in [2.75, 3.05) is 12.3 Å². The Bertz CT molecular complexity index is 219. The molecule has 1 fully saturated rings. The molecule has 0 radical (unpaired) electrons. The Hall–Kier alpha value is -0.440. The summed E-state index contributed by atoms with van der Waals surface area (Å²) in [7, 11) is 0. The Balaban J connectivity index is 2.42. The molecule has 0 aromatic carbocycles. The third-order valence-corrected chi connectivity index (χ3v) is 3.77. The van der Waals surface area contributed by atoms with Crippen LogP contribution in [0.15, 0.2) is 12.2 Å². The summed E-state index contributed by atoms with van der Waals surface area (Å²) in [5, 5.41) is 2.91. The summed E-state index contributed by atoms with van der Waals surface area (Å²) >= 11 is 1.76. The van der Waals surface area contributed by atoms with Crippen LogP contribution in [0.1, 0.15) is 26.7 Å². The van der Waals surface area contributed by atoms with Gasteiger partial charge in [0.15, 0.2) is 0 Å². The van der Waals surface area contributed by atoms with Gasteiger partial charge in [-0.3, -0.25) is 4.79 Å². The van der Waals surface area contributed by atoms with Gasteiger partial charge in [-0.2, -0.15) is 0 Å². The summed E-state index contributed by atoms with van der Waals surface area (Å²) in [6.07, 6.45) is 2.15. The van der Waals surface area contributed by atoms with E-state index in [4.69, 9.17) is 0 Å². The first kappa shape index (κ1) is 10.6. The van der Waals surface area contributed by atoms with E-state index in [1.54, 1.807) is 11.8 Å². The highest BCUT2D eigenvalue weighted by Crippen LogP contribution is 2.37. The minimum atomic E-state index is -0.185. The zero-order chi connectivity index (χ0) is 9.90. The minimum absolute atomic E-state index is 0.165. The number of hydrogen-bond donors (Lipinski definition) is 1. The van der Waals surface area contributed by atoms with Gasteiger partial charge in [0.25, 0.3) is 0 Å². The molecule has 0 spiro atoms. The summed E-state index contributed by atoms with van der Waals surface area (Å²) in [6, 6.07) is 0. The molecule has 2 nitrogen and oxygen atoms in total. The van der Waals surface area contributed by atoms with E-state index in [9.17, 15) is 4.79 Å². The second kappa shape index (κ2) is 4.18. The van der Waals surface area contributed by atoms with Crippen LogP contribution in [-0.4, -0.2) is 23.0 Å². The van der Waals surface area contributed by atoms with E-state index in [-0.39, 0.29) is 10.7 Å². The number of amides is 1. The first-order valence-electron chi connectivity index (χ1n) is 4.61. The van der Waals surface area contributed by atoms with Crippen LogP contribution in [0.25, 0.3) is 0 Å². The van der Waals surface area contributed by atoms with E-state index in [1.807, 2.05) is 13.8 Å². The highest BCUT2D eigenvalue weighted by Gasteiger charge is 2.36. The minimum Gasteiger partial charge on any atom is -0.351 e. The highest BCUT2D eigenvalue weighted by molar-refractivity contribution is 8.01. The second-order valence-electron chi connectivity index (χ2n) is 3.82. The second-order valence-corrected chi connectivity index (χ2v) is 5.42. The van der Waals surface area contributed by atoms with Crippen molar-refractivity contribution in [2.24, 2.45) is 0 Å². The molecule has 13 heavy (non-hydrogen) atoms. The Labute approximate surface area is 84.2 Å². The molecule has 1 aliphatic heterocycles. The first-order chi connectivity index (χ1) is 6.04. The molecular formula is C10H17NOS. The van der Waals surface area contributed by atoms with Gasteiger partial charge in [0.2, 0.25) is 5.91 Å². The lowest BCUT2D eigenvalue weighted by Crippen LogP contribution is -2.40. The molecule has 0 bridgehead atoms. The molecular weight excluding hydrogens is 182 g/mol. The van der Waals surface area contributed by atoms with Crippen LogP contribution in [0.2, 0.25) is 0 Å². The lowest BCUT2D eigenvalue weighted by molar-refractivity contribution is -0.122. The molecule has 1 rings (SSSR count). The Morgan fingerprint density at radius 2 is 2.38 bits per heavy atom. The summed E-state index contributed by atoms with van der Waals surface area (Å²) < 4.78 is -0.185. The molecule has 0 aromatic rings. The molecule has 0 saturated carbocycles. The molecule has 1 heterocycles. The maximum atomic E-state index is 11.7. The van der Waals surface area contributed by atoms with Crippen molar-refractivity contribution in [3.05, 3.63) is 12.2 Å². The smallest absolute Gasteiger partial charge is 0.236 e. The predicted molar refractivity (Wildman–Crippen MR) is 57.9 cm³/mol. The quantitative estimate of drug-likeness (QED) is 0.704. The van der Waals surface area contributed by atoms with Crippen molar-refractivity contribution in [3.8, 4) is 0 Å². The van der Waals surface area contributed by atoms with Gasteiger partial charge in [0.1, 0.15) is 0 Å². The third-order valence-electron chi connectivity index (χ3n) is 2.25. The van der Waals surface area contributed by atoms with E-state index < -0.39 is 0 Å². The van der Waals surface area contributed by atoms with Gasteiger partial charge < -0.3 is 5.32 Å². The highest BCUT2D eigenvalue weighted by atomic mass is 32.2. The molecule has 0 aromatic heterocycles. The molecule has 1 amide bonds. The summed E-state index contributed by atoms with van der Waals surface area (Å²) in [6.45, 7) is 8.31. The molecule has 1 unspecified atom stereocenters. The number of nitrogens with one attached hydrogen (secondary N) is 1. The fourth-order valence-corrected chi connectivity index (χ4v) is 2.61. The molecule has 74 valence electrons. The van der Waals surface area contributed by atoms with Crippen LogP contribution in [0, 0.1) is 0 Å². The largest absolute Gasteiger partial charge is 0.351 e. The van der Waals surface area contributed by atoms with Gasteiger partial charge in [-0.1, -0.05) is 12.2 Å². The van der Waals surface area contributed by atoms with Crippen molar-refractivity contribution in [2.45, 2.75) is 31.4 Å². The average Bonchev–Trinajstić information content (AvgIpc) is 2.49. The van der Waals surface area contributed by atoms with E-state index in [0.717, 1.165) is 24.2 Å². The summed E-state index contributed by atoms with van der Waals surface area (Å²) in [4.78, 5) is 11.7. The monoisotopic (exact) mass is 199 g/mol. The fourth-order valence-electron chi connectivity index (χ4n) is 1.38. The number of rotatable bonds is 3. The number of carbonyl (C=O) groups excluding carboxylic acids is 1. The fraction of sp³-hybridized carbons (Fsp3) is 0.700. The lowest BCUT2D eigenvalue weighted by Gasteiger charge is -2.21. The van der Waals surface area contributed by atoms with Crippen LogP contribution in [0.5, 0.6) is 0 Å². The summed E-state index contributed by atoms with van der Waals surface area (Å²) in [5.41, 5.74) is 1.000. The molecule has 3 heteroatoms. The molecule has 1 aliphatic rings. The Morgan fingerprint density at radius 1 is 1.69 bits per heavy atom. The molecule has 0 aliphatic carbocycles. The van der Waals surface area contributed by atoms with Crippen molar-refractivity contribution >= 4 is 17.7 Å². The Morgan fingerprint density at radius 3 is 2.85 bits per heavy atom. The van der Waals surface area contributed by atoms with E-state index in [2.05, 4.69) is 11.9 Å². The van der Waals surface area contributed by atoms with E-state index >= 15 is 0 Å². The molecule has 1 atom stereocenters. The van der Waals surface area contributed by atoms with Crippen molar-refractivity contribution in [1.82, 2.24) is 5.32 Å². The van der Waals surface area contributed by atoms with Gasteiger partial charge in [-0.25, -0.2) is 0 Å². The van der Waals surface area contributed by atoms with Crippen molar-refractivity contribution < 1.29 is 4.79 Å². The maximum Gasteiger partial charge on any atom is 0.236 e. The average molecular weight is 199 g/mol. The normalized spacial score (nSPS) is 27.2. The topological polar surface area (TPSA) is 29.1 Å². The van der Waals surface area contributed by atoms with Crippen LogP contribution >= 0.6 is 11.8 Å². The maximum absolute atomic E-state index is 11.7. The Kier molecular flexibility index (Phi) is 3.42. The van der Waals surface area contributed by atoms with Gasteiger partial charge in [-0.05, 0) is 32.4 Å². The van der Waals surface area contributed by atoms with Gasteiger partial charge in [0.05, 0.1) is 4.75 Å². The molecule has 1 saturated heterocycles. The molecule has 1 N–H and O–H groups in total. The number of thioether (sulfide) groups is 1. The van der Waals surface area contributed by atoms with Crippen LogP contribution in [0.3, 0.4) is 0 Å². The first-order valence-corrected chi connectivity index (χ1v) is 5.60.